The molecule has 0 aromatic carbocycles. The van der Waals surface area contributed by atoms with Crippen LogP contribution in [0.3, 0.4) is 0 Å². The molecule has 0 radical (unpaired) electrons. The van der Waals surface area contributed by atoms with Gasteiger partial charge in [0, 0.05) is 24.8 Å². The molecule has 0 saturated heterocycles. The number of aromatic nitrogens is 2. The van der Waals surface area contributed by atoms with E-state index in [2.05, 4.69) is 44.4 Å². The van der Waals surface area contributed by atoms with E-state index in [1.807, 2.05) is 13.0 Å². The minimum atomic E-state index is 0.708. The lowest BCUT2D eigenvalue weighted by Crippen LogP contribution is -2.10. The second-order valence-electron chi connectivity index (χ2n) is 4.45. The van der Waals surface area contributed by atoms with Crippen molar-refractivity contribution in [1.29, 1.82) is 0 Å². The smallest absolute Gasteiger partial charge is 0.224 e. The van der Waals surface area contributed by atoms with Gasteiger partial charge in [-0.2, -0.15) is 16.3 Å². The van der Waals surface area contributed by atoms with E-state index in [9.17, 15) is 0 Å². The quantitative estimate of drug-likeness (QED) is 0.814. The molecule has 0 aliphatic rings. The topological polar surface area (TPSA) is 49.8 Å². The molecule has 2 aromatic heterocycles. The number of aryl methyl sites for hydroxylation is 1. The Bertz CT molecular complexity index is 496. The van der Waals surface area contributed by atoms with Crippen LogP contribution in [0.1, 0.15) is 24.6 Å². The summed E-state index contributed by atoms with van der Waals surface area (Å²) in [6.07, 6.45) is 2.09. The number of rotatable bonds is 7. The number of hydrogen-bond acceptors (Lipinski definition) is 5. The van der Waals surface area contributed by atoms with E-state index in [4.69, 9.17) is 0 Å². The van der Waals surface area contributed by atoms with Gasteiger partial charge in [-0.15, -0.1) is 0 Å². The van der Waals surface area contributed by atoms with Crippen LogP contribution in [0.5, 0.6) is 0 Å². The number of nitrogens with zero attached hydrogens (tertiary/aromatic N) is 2. The van der Waals surface area contributed by atoms with Gasteiger partial charge in [0.05, 0.1) is 0 Å². The summed E-state index contributed by atoms with van der Waals surface area (Å²) in [7, 11) is 0. The highest BCUT2D eigenvalue weighted by Gasteiger charge is 2.01. The van der Waals surface area contributed by atoms with Crippen molar-refractivity contribution in [3.8, 4) is 0 Å². The fraction of sp³-hybridized carbons (Fsp3) is 0.429. The molecule has 2 N–H and O–H groups in total. The average Bonchev–Trinajstić information content (AvgIpc) is 2.89. The first-order valence-corrected chi connectivity index (χ1v) is 7.56. The molecule has 2 heterocycles. The molecule has 4 nitrogen and oxygen atoms in total. The minimum absolute atomic E-state index is 0.708. The van der Waals surface area contributed by atoms with Gasteiger partial charge in [-0.3, -0.25) is 0 Å². The van der Waals surface area contributed by atoms with Crippen LogP contribution >= 0.6 is 11.3 Å². The Labute approximate surface area is 118 Å². The lowest BCUT2D eigenvalue weighted by Gasteiger charge is -2.09. The third-order valence-corrected chi connectivity index (χ3v) is 3.42. The van der Waals surface area contributed by atoms with Crippen LogP contribution in [0.4, 0.5) is 11.8 Å². The molecule has 102 valence electrons. The van der Waals surface area contributed by atoms with Crippen molar-refractivity contribution < 1.29 is 0 Å². The molecule has 0 aliphatic carbocycles. The van der Waals surface area contributed by atoms with Crippen LogP contribution in [0, 0.1) is 6.92 Å². The molecule has 19 heavy (non-hydrogen) atoms. The Kier molecular flexibility index (Phi) is 5.15. The summed E-state index contributed by atoms with van der Waals surface area (Å²) >= 11 is 1.74. The van der Waals surface area contributed by atoms with Gasteiger partial charge in [-0.25, -0.2) is 4.98 Å². The van der Waals surface area contributed by atoms with Crippen LogP contribution in [-0.4, -0.2) is 23.1 Å². The zero-order valence-electron chi connectivity index (χ0n) is 11.4. The average molecular weight is 276 g/mol. The predicted molar refractivity (Wildman–Crippen MR) is 82.1 cm³/mol. The molecule has 2 aromatic rings. The van der Waals surface area contributed by atoms with Crippen LogP contribution in [0.25, 0.3) is 0 Å². The summed E-state index contributed by atoms with van der Waals surface area (Å²) in [5.41, 5.74) is 2.35. The monoisotopic (exact) mass is 276 g/mol. The second-order valence-corrected chi connectivity index (χ2v) is 5.23. The molecule has 0 saturated carbocycles. The first kappa shape index (κ1) is 13.8. The first-order chi connectivity index (χ1) is 9.28. The molecule has 5 heteroatoms. The molecule has 0 atom stereocenters. The number of hydrogen-bond donors (Lipinski definition) is 2. The van der Waals surface area contributed by atoms with Gasteiger partial charge in [0.2, 0.25) is 5.95 Å². The third-order valence-electron chi connectivity index (χ3n) is 2.69. The van der Waals surface area contributed by atoms with Crippen molar-refractivity contribution in [2.24, 2.45) is 0 Å². The van der Waals surface area contributed by atoms with E-state index in [1.54, 1.807) is 11.3 Å². The van der Waals surface area contributed by atoms with E-state index in [1.165, 1.54) is 5.56 Å². The lowest BCUT2D eigenvalue weighted by atomic mass is 10.2. The maximum atomic E-state index is 4.46. The normalized spacial score (nSPS) is 10.4. The third kappa shape index (κ3) is 4.52. The Balaban J connectivity index is 1.90. The highest BCUT2D eigenvalue weighted by Crippen LogP contribution is 2.11. The summed E-state index contributed by atoms with van der Waals surface area (Å²) < 4.78 is 0. The second kappa shape index (κ2) is 7.09. The van der Waals surface area contributed by atoms with Gasteiger partial charge < -0.3 is 10.6 Å². The first-order valence-electron chi connectivity index (χ1n) is 6.62. The van der Waals surface area contributed by atoms with Crippen molar-refractivity contribution in [2.75, 3.05) is 23.7 Å². The standard InChI is InChI=1S/C14H20N4S/c1-3-6-16-14-17-11(2)9-13(18-14)15-7-4-12-5-8-19-10-12/h5,8-10H,3-4,6-7H2,1-2H3,(H2,15,16,17,18). The maximum Gasteiger partial charge on any atom is 0.224 e. The van der Waals surface area contributed by atoms with Gasteiger partial charge in [-0.1, -0.05) is 6.92 Å². The number of nitrogens with one attached hydrogen (secondary N) is 2. The molecular weight excluding hydrogens is 256 g/mol. The Hall–Kier alpha value is -1.62. The van der Waals surface area contributed by atoms with E-state index in [0.717, 1.165) is 37.4 Å². The van der Waals surface area contributed by atoms with Crippen LogP contribution in [0.15, 0.2) is 22.9 Å². The van der Waals surface area contributed by atoms with E-state index in [-0.39, 0.29) is 0 Å². The van der Waals surface area contributed by atoms with E-state index >= 15 is 0 Å². The zero-order valence-corrected chi connectivity index (χ0v) is 12.3. The van der Waals surface area contributed by atoms with Crippen molar-refractivity contribution in [1.82, 2.24) is 9.97 Å². The van der Waals surface area contributed by atoms with Gasteiger partial charge in [-0.05, 0) is 42.2 Å². The molecule has 0 unspecified atom stereocenters. The van der Waals surface area contributed by atoms with Crippen molar-refractivity contribution in [2.45, 2.75) is 26.7 Å². The molecule has 0 spiro atoms. The van der Waals surface area contributed by atoms with E-state index < -0.39 is 0 Å². The van der Waals surface area contributed by atoms with E-state index in [0.29, 0.717) is 5.95 Å². The summed E-state index contributed by atoms with van der Waals surface area (Å²) in [4.78, 5) is 8.83. The van der Waals surface area contributed by atoms with Gasteiger partial charge in [0.25, 0.3) is 0 Å². The Morgan fingerprint density at radius 3 is 2.84 bits per heavy atom. The molecule has 0 aliphatic heterocycles. The molecule has 0 bridgehead atoms. The number of anilines is 2. The maximum absolute atomic E-state index is 4.46. The summed E-state index contributed by atoms with van der Waals surface area (Å²) in [6.45, 7) is 5.91. The van der Waals surface area contributed by atoms with Crippen LogP contribution in [0.2, 0.25) is 0 Å². The SMILES string of the molecule is CCCNc1nc(C)cc(NCCc2ccsc2)n1. The highest BCUT2D eigenvalue weighted by atomic mass is 32.1. The summed E-state index contributed by atoms with van der Waals surface area (Å²) in [6, 6.07) is 4.14. The van der Waals surface area contributed by atoms with Crippen molar-refractivity contribution in [3.05, 3.63) is 34.2 Å². The predicted octanol–water partition coefficient (Wildman–Crippen LogP) is 3.32. The van der Waals surface area contributed by atoms with Crippen molar-refractivity contribution in [3.63, 3.8) is 0 Å². The van der Waals surface area contributed by atoms with Gasteiger partial charge in [0.15, 0.2) is 0 Å². The summed E-state index contributed by atoms with van der Waals surface area (Å²) in [5.74, 6) is 1.60. The lowest BCUT2D eigenvalue weighted by molar-refractivity contribution is 0.940. The van der Waals surface area contributed by atoms with Crippen LogP contribution in [-0.2, 0) is 6.42 Å². The van der Waals surface area contributed by atoms with Crippen molar-refractivity contribution >= 4 is 23.1 Å². The van der Waals surface area contributed by atoms with Crippen LogP contribution < -0.4 is 10.6 Å². The highest BCUT2D eigenvalue weighted by molar-refractivity contribution is 7.07. The minimum Gasteiger partial charge on any atom is -0.370 e. The fourth-order valence-corrected chi connectivity index (χ4v) is 2.45. The zero-order chi connectivity index (χ0) is 13.5. The Morgan fingerprint density at radius 1 is 1.21 bits per heavy atom. The Morgan fingerprint density at radius 2 is 2.11 bits per heavy atom. The molecule has 0 fully saturated rings. The molecule has 2 rings (SSSR count). The molecule has 0 amide bonds. The summed E-state index contributed by atoms with van der Waals surface area (Å²) in [5, 5.41) is 10.9. The van der Waals surface area contributed by atoms with Gasteiger partial charge >= 0.3 is 0 Å². The largest absolute Gasteiger partial charge is 0.370 e. The number of thiophene rings is 1. The molecular formula is C14H20N4S. The fourth-order valence-electron chi connectivity index (χ4n) is 1.74. The van der Waals surface area contributed by atoms with Gasteiger partial charge in [0.1, 0.15) is 5.82 Å².